The van der Waals surface area contributed by atoms with Crippen LogP contribution in [0.2, 0.25) is 0 Å². The lowest BCUT2D eigenvalue weighted by Crippen LogP contribution is -2.62. The number of ether oxygens (including phenoxy) is 1. The van der Waals surface area contributed by atoms with E-state index in [2.05, 4.69) is 34.3 Å². The lowest BCUT2D eigenvalue weighted by Gasteiger charge is -2.64. The molecular weight excluding hydrogens is 588 g/mol. The molecule has 0 radical (unpaired) electrons. The van der Waals surface area contributed by atoms with E-state index in [9.17, 15) is 34.8 Å². The predicted molar refractivity (Wildman–Crippen MR) is 174 cm³/mol. The van der Waals surface area contributed by atoms with E-state index in [-0.39, 0.29) is 23.2 Å². The maximum absolute atomic E-state index is 12.9. The summed E-state index contributed by atoms with van der Waals surface area (Å²) in [6.07, 6.45) is 2.81. The number of hydrogen-bond donors (Lipinski definition) is 5. The molecule has 0 aromatic heterocycles. The summed E-state index contributed by atoms with van der Waals surface area (Å²) in [5, 5.41) is 53.0. The molecule has 2 fully saturated rings. The molecule has 0 aromatic rings. The monoisotopic (exact) mass is 646 g/mol. The van der Waals surface area contributed by atoms with Gasteiger partial charge in [-0.2, -0.15) is 0 Å². The molecular formula is C37H58O9. The van der Waals surface area contributed by atoms with Crippen LogP contribution in [0, 0.1) is 45.3 Å². The van der Waals surface area contributed by atoms with Gasteiger partial charge in [-0.15, -0.1) is 0 Å². The maximum Gasteiger partial charge on any atom is 0.310 e. The van der Waals surface area contributed by atoms with Crippen molar-refractivity contribution in [3.8, 4) is 0 Å². The maximum atomic E-state index is 12.9. The van der Waals surface area contributed by atoms with Crippen LogP contribution in [0.5, 0.6) is 0 Å². The van der Waals surface area contributed by atoms with Crippen molar-refractivity contribution >= 4 is 17.9 Å². The van der Waals surface area contributed by atoms with E-state index in [1.807, 2.05) is 13.8 Å². The standard InChI is InChI=1S/C37H58O9/c1-20(22(3)32(43)44)10-11-21(2)23-12-15-36(8)25-16-26(38)31-33(4,5)28(46-30(42)19-34(6,45)18-29(40)41)13-14-35(31,7)24(25)17-27(39)37(23,36)9/h21-23,26-28,31,38-39,45H,1,10-19H2,2-9H3,(H,40,41)(H,43,44)/t21-,22+,23-,26-,27+,28+,31+,34+,35-,36+,37+/m1/s1. The van der Waals surface area contributed by atoms with Crippen molar-refractivity contribution in [2.75, 3.05) is 0 Å². The van der Waals surface area contributed by atoms with Crippen molar-refractivity contribution in [2.24, 2.45) is 45.3 Å². The first-order chi connectivity index (χ1) is 21.0. The normalized spacial score (nSPS) is 39.2. The highest BCUT2D eigenvalue weighted by molar-refractivity contribution is 5.74. The first-order valence-electron chi connectivity index (χ1n) is 17.2. The summed E-state index contributed by atoms with van der Waals surface area (Å²) >= 11 is 0. The van der Waals surface area contributed by atoms with Crippen molar-refractivity contribution in [3.05, 3.63) is 23.3 Å². The lowest BCUT2D eigenvalue weighted by atomic mass is 9.42. The minimum absolute atomic E-state index is 0.233. The Bertz CT molecular complexity index is 1280. The third kappa shape index (κ3) is 5.98. The first-order valence-corrected chi connectivity index (χ1v) is 17.2. The van der Waals surface area contributed by atoms with E-state index in [4.69, 9.17) is 9.84 Å². The zero-order valence-corrected chi connectivity index (χ0v) is 29.2. The molecule has 11 atom stereocenters. The number of carboxylic acids is 2. The average molecular weight is 647 g/mol. The molecule has 4 aliphatic rings. The molecule has 5 N–H and O–H groups in total. The Kier molecular flexibility index (Phi) is 9.82. The molecule has 0 unspecified atom stereocenters. The predicted octanol–water partition coefficient (Wildman–Crippen LogP) is 5.90. The van der Waals surface area contributed by atoms with Gasteiger partial charge in [-0.1, -0.05) is 64.8 Å². The lowest BCUT2D eigenvalue weighted by molar-refractivity contribution is -0.186. The van der Waals surface area contributed by atoms with Gasteiger partial charge in [0.2, 0.25) is 0 Å². The quantitative estimate of drug-likeness (QED) is 0.136. The number of esters is 1. The number of carbonyl (C=O) groups excluding carboxylic acids is 1. The van der Waals surface area contributed by atoms with Crippen molar-refractivity contribution < 1.29 is 44.7 Å². The van der Waals surface area contributed by atoms with Crippen LogP contribution in [0.25, 0.3) is 0 Å². The van der Waals surface area contributed by atoms with Crippen LogP contribution in [-0.2, 0) is 19.1 Å². The Morgan fingerprint density at radius 1 is 0.978 bits per heavy atom. The average Bonchev–Trinajstić information content (AvgIpc) is 3.20. The Morgan fingerprint density at radius 3 is 2.20 bits per heavy atom. The van der Waals surface area contributed by atoms with Gasteiger partial charge < -0.3 is 30.3 Å². The number of fused-ring (bicyclic) bond motifs is 4. The Labute approximate surface area is 274 Å². The molecule has 4 aliphatic carbocycles. The summed E-state index contributed by atoms with van der Waals surface area (Å²) < 4.78 is 5.93. The summed E-state index contributed by atoms with van der Waals surface area (Å²) in [6, 6.07) is 0. The molecule has 9 heteroatoms. The van der Waals surface area contributed by atoms with Gasteiger partial charge >= 0.3 is 17.9 Å². The Hall–Kier alpha value is -2.23. The van der Waals surface area contributed by atoms with Crippen molar-refractivity contribution in [1.29, 1.82) is 0 Å². The topological polar surface area (TPSA) is 162 Å². The molecule has 0 heterocycles. The fraction of sp³-hybridized carbons (Fsp3) is 0.811. The van der Waals surface area contributed by atoms with Crippen LogP contribution >= 0.6 is 0 Å². The summed E-state index contributed by atoms with van der Waals surface area (Å²) in [6.45, 7) is 20.0. The molecule has 0 aromatic carbocycles. The molecule has 0 amide bonds. The Morgan fingerprint density at radius 2 is 1.61 bits per heavy atom. The minimum atomic E-state index is -1.72. The van der Waals surface area contributed by atoms with Gasteiger partial charge in [0.1, 0.15) is 6.10 Å². The van der Waals surface area contributed by atoms with Crippen molar-refractivity contribution in [2.45, 2.75) is 144 Å². The highest BCUT2D eigenvalue weighted by Crippen LogP contribution is 2.72. The molecule has 0 bridgehead atoms. The molecule has 0 spiro atoms. The second-order valence-corrected chi connectivity index (χ2v) is 16.9. The smallest absolute Gasteiger partial charge is 0.310 e. The van der Waals surface area contributed by atoms with Gasteiger partial charge in [-0.05, 0) is 87.9 Å². The summed E-state index contributed by atoms with van der Waals surface area (Å²) in [7, 11) is 0. The van der Waals surface area contributed by atoms with Gasteiger partial charge in [-0.3, -0.25) is 14.4 Å². The number of aliphatic hydroxyl groups is 3. The van der Waals surface area contributed by atoms with Crippen LogP contribution in [0.4, 0.5) is 0 Å². The molecule has 4 rings (SSSR count). The summed E-state index contributed by atoms with van der Waals surface area (Å²) in [4.78, 5) is 35.5. The molecule has 2 saturated carbocycles. The molecule has 46 heavy (non-hydrogen) atoms. The highest BCUT2D eigenvalue weighted by atomic mass is 16.5. The van der Waals surface area contributed by atoms with Crippen LogP contribution in [-0.4, -0.2) is 67.4 Å². The van der Waals surface area contributed by atoms with Crippen LogP contribution in [0.1, 0.15) is 120 Å². The van der Waals surface area contributed by atoms with Gasteiger partial charge in [0, 0.05) is 16.7 Å². The molecule has 9 nitrogen and oxygen atoms in total. The zero-order valence-electron chi connectivity index (χ0n) is 29.2. The van der Waals surface area contributed by atoms with E-state index in [1.54, 1.807) is 6.92 Å². The highest BCUT2D eigenvalue weighted by Gasteiger charge is 2.68. The van der Waals surface area contributed by atoms with Crippen molar-refractivity contribution in [3.63, 3.8) is 0 Å². The van der Waals surface area contributed by atoms with E-state index in [0.717, 1.165) is 24.8 Å². The molecule has 0 aliphatic heterocycles. The van der Waals surface area contributed by atoms with Crippen LogP contribution in [0.3, 0.4) is 0 Å². The second-order valence-electron chi connectivity index (χ2n) is 16.9. The summed E-state index contributed by atoms with van der Waals surface area (Å²) in [5.41, 5.74) is -0.200. The van der Waals surface area contributed by atoms with Crippen molar-refractivity contribution in [1.82, 2.24) is 0 Å². The Balaban J connectivity index is 1.59. The van der Waals surface area contributed by atoms with Gasteiger partial charge in [-0.25, -0.2) is 0 Å². The first kappa shape index (κ1) is 36.6. The minimum Gasteiger partial charge on any atom is -0.481 e. The van der Waals surface area contributed by atoms with Gasteiger partial charge in [0.05, 0.1) is 36.6 Å². The number of rotatable bonds is 11. The second kappa shape index (κ2) is 12.3. The number of carbonyl (C=O) groups is 3. The van der Waals surface area contributed by atoms with E-state index in [1.165, 1.54) is 18.1 Å². The number of aliphatic carboxylic acids is 2. The third-order valence-corrected chi connectivity index (χ3v) is 13.7. The number of hydrogen-bond acceptors (Lipinski definition) is 7. The number of carboxylic acid groups (broad SMARTS) is 2. The van der Waals surface area contributed by atoms with E-state index in [0.29, 0.717) is 32.1 Å². The van der Waals surface area contributed by atoms with Crippen LogP contribution in [0.15, 0.2) is 23.3 Å². The molecule has 260 valence electrons. The number of aliphatic hydroxyl groups excluding tert-OH is 2. The van der Waals surface area contributed by atoms with Gasteiger partial charge in [0.25, 0.3) is 0 Å². The largest absolute Gasteiger partial charge is 0.481 e. The third-order valence-electron chi connectivity index (χ3n) is 13.7. The summed E-state index contributed by atoms with van der Waals surface area (Å²) in [5.74, 6) is -3.02. The fourth-order valence-corrected chi connectivity index (χ4v) is 10.9. The molecule has 0 saturated heterocycles. The van der Waals surface area contributed by atoms with E-state index < -0.39 is 76.8 Å². The van der Waals surface area contributed by atoms with E-state index >= 15 is 0 Å². The fourth-order valence-electron chi connectivity index (χ4n) is 10.9. The zero-order chi connectivity index (χ0) is 34.8. The van der Waals surface area contributed by atoms with Crippen LogP contribution < -0.4 is 0 Å². The SMILES string of the molecule is C=C(CC[C@@H](C)[C@H]1CC[C@@]2(C)C3=C(C[C@H](O)[C@]12C)[C@@]1(C)CC[C@H](OC(=O)C[C@@](C)(O)CC(=O)O)C(C)(C)[C@@H]1[C@H](O)C3)[C@H](C)C(=O)O. The van der Waals surface area contributed by atoms with Gasteiger partial charge in [0.15, 0.2) is 0 Å².